The molecule has 0 aromatic heterocycles. The van der Waals surface area contributed by atoms with Gasteiger partial charge in [-0.15, -0.1) is 0 Å². The number of halogens is 1. The van der Waals surface area contributed by atoms with Gasteiger partial charge in [0.2, 0.25) is 5.41 Å². The maximum absolute atomic E-state index is 13.5. The number of anilines is 2. The summed E-state index contributed by atoms with van der Waals surface area (Å²) in [6, 6.07) is 11.9. The van der Waals surface area contributed by atoms with Gasteiger partial charge in [-0.25, -0.2) is 0 Å². The molecule has 2 heterocycles. The number of ketones is 1. The van der Waals surface area contributed by atoms with Crippen LogP contribution >= 0.6 is 11.6 Å². The van der Waals surface area contributed by atoms with E-state index in [1.54, 1.807) is 49.5 Å². The minimum Gasteiger partial charge on any atom is -0.313 e. The smallest absolute Gasteiger partial charge is 0.255 e. The van der Waals surface area contributed by atoms with E-state index in [9.17, 15) is 14.4 Å². The van der Waals surface area contributed by atoms with Crippen molar-refractivity contribution in [3.63, 3.8) is 0 Å². The Balaban J connectivity index is 2.09. The Morgan fingerprint density at radius 2 is 1.64 bits per heavy atom. The molecular weight excluding hydrogens is 340 g/mol. The number of fused-ring (bicyclic) bond motifs is 3. The van der Waals surface area contributed by atoms with E-state index in [-0.39, 0.29) is 10.6 Å². The standard InChI is InChI=1S/C19H15ClN2O3/c1-3-22-13-9-5-4-7-11(13)19(18(22)25)16(23)15-12(20)8-6-10-14(15)21(2)17(19)24/h4-10H,3H2,1-2H3/t19-/m0/s1. The van der Waals surface area contributed by atoms with Crippen LogP contribution in [0.3, 0.4) is 0 Å². The van der Waals surface area contributed by atoms with Gasteiger partial charge in [0, 0.05) is 24.8 Å². The number of Topliss-reactive ketones (excluding diaryl/α,β-unsaturated/α-hetero) is 1. The van der Waals surface area contributed by atoms with Crippen LogP contribution in [0, 0.1) is 0 Å². The first-order valence-corrected chi connectivity index (χ1v) is 8.37. The van der Waals surface area contributed by atoms with Gasteiger partial charge in [0.25, 0.3) is 11.8 Å². The second-order valence-corrected chi connectivity index (χ2v) is 6.55. The zero-order valence-electron chi connectivity index (χ0n) is 13.7. The molecule has 1 spiro atoms. The highest BCUT2D eigenvalue weighted by atomic mass is 35.5. The van der Waals surface area contributed by atoms with Crippen LogP contribution in [0.1, 0.15) is 22.8 Å². The number of hydrogen-bond donors (Lipinski definition) is 0. The molecule has 0 saturated carbocycles. The van der Waals surface area contributed by atoms with Crippen molar-refractivity contribution in [3.8, 4) is 0 Å². The number of likely N-dealkylation sites (N-methyl/N-ethyl adjacent to an activating group) is 2. The van der Waals surface area contributed by atoms with Crippen LogP contribution in [0.5, 0.6) is 0 Å². The molecular formula is C19H15ClN2O3. The van der Waals surface area contributed by atoms with Crippen LogP contribution in [0.25, 0.3) is 0 Å². The SMILES string of the molecule is CCN1C(=O)[C@]2(C(=O)c3c(Cl)cccc3N(C)C2=O)c2ccccc21. The van der Waals surface area contributed by atoms with Crippen molar-refractivity contribution in [2.75, 3.05) is 23.4 Å². The minimum absolute atomic E-state index is 0.215. The second kappa shape index (κ2) is 5.17. The average Bonchev–Trinajstić information content (AvgIpc) is 2.87. The fourth-order valence-corrected chi connectivity index (χ4v) is 4.11. The Kier molecular flexibility index (Phi) is 3.27. The van der Waals surface area contributed by atoms with Crippen molar-refractivity contribution >= 4 is 40.6 Å². The molecule has 2 amide bonds. The number of para-hydroxylation sites is 1. The summed E-state index contributed by atoms with van der Waals surface area (Å²) >= 11 is 6.27. The van der Waals surface area contributed by atoms with E-state index >= 15 is 0 Å². The van der Waals surface area contributed by atoms with Crippen LogP contribution in [0.4, 0.5) is 11.4 Å². The normalized spacial score (nSPS) is 21.8. The zero-order chi connectivity index (χ0) is 17.9. The molecule has 0 bridgehead atoms. The van der Waals surface area contributed by atoms with E-state index in [1.807, 2.05) is 6.92 Å². The first-order valence-electron chi connectivity index (χ1n) is 7.99. The quantitative estimate of drug-likeness (QED) is 0.740. The van der Waals surface area contributed by atoms with Gasteiger partial charge in [-0.2, -0.15) is 0 Å². The lowest BCUT2D eigenvalue weighted by molar-refractivity contribution is -0.131. The van der Waals surface area contributed by atoms with Crippen LogP contribution in [-0.4, -0.2) is 31.2 Å². The lowest BCUT2D eigenvalue weighted by Gasteiger charge is -2.36. The fourth-order valence-electron chi connectivity index (χ4n) is 3.86. The van der Waals surface area contributed by atoms with E-state index in [4.69, 9.17) is 11.6 Å². The fraction of sp³-hybridized carbons (Fsp3) is 0.211. The van der Waals surface area contributed by atoms with Crippen LogP contribution < -0.4 is 9.80 Å². The molecule has 0 aliphatic carbocycles. The van der Waals surface area contributed by atoms with Crippen molar-refractivity contribution in [2.24, 2.45) is 0 Å². The van der Waals surface area contributed by atoms with Gasteiger partial charge in [0.05, 0.1) is 16.3 Å². The highest BCUT2D eigenvalue weighted by molar-refractivity contribution is 6.46. The maximum atomic E-state index is 13.5. The Labute approximate surface area is 149 Å². The number of benzene rings is 2. The van der Waals surface area contributed by atoms with Gasteiger partial charge in [0.1, 0.15) is 0 Å². The first kappa shape index (κ1) is 15.8. The summed E-state index contributed by atoms with van der Waals surface area (Å²) in [6.07, 6.45) is 0. The molecule has 0 unspecified atom stereocenters. The second-order valence-electron chi connectivity index (χ2n) is 6.14. The van der Waals surface area contributed by atoms with E-state index in [2.05, 4.69) is 0 Å². The molecule has 2 aliphatic heterocycles. The number of carbonyl (C=O) groups is 3. The predicted octanol–water partition coefficient (Wildman–Crippen LogP) is 2.80. The number of hydrogen-bond acceptors (Lipinski definition) is 3. The monoisotopic (exact) mass is 354 g/mol. The van der Waals surface area contributed by atoms with Crippen molar-refractivity contribution in [2.45, 2.75) is 12.3 Å². The molecule has 2 aromatic rings. The summed E-state index contributed by atoms with van der Waals surface area (Å²) < 4.78 is 0. The van der Waals surface area contributed by atoms with Crippen LogP contribution in [0.15, 0.2) is 42.5 Å². The molecule has 0 N–H and O–H groups in total. The molecule has 4 rings (SSSR count). The highest BCUT2D eigenvalue weighted by Crippen LogP contribution is 2.49. The lowest BCUT2D eigenvalue weighted by Crippen LogP contribution is -2.59. The number of carbonyl (C=O) groups excluding carboxylic acids is 3. The van der Waals surface area contributed by atoms with E-state index in [0.717, 1.165) is 0 Å². The Bertz CT molecular complexity index is 955. The molecule has 2 aliphatic rings. The molecule has 6 heteroatoms. The van der Waals surface area contributed by atoms with E-state index in [1.165, 1.54) is 9.80 Å². The Morgan fingerprint density at radius 3 is 2.36 bits per heavy atom. The summed E-state index contributed by atoms with van der Waals surface area (Å²) in [4.78, 5) is 42.9. The molecule has 5 nitrogen and oxygen atoms in total. The summed E-state index contributed by atoms with van der Waals surface area (Å²) in [5.74, 6) is -1.60. The Morgan fingerprint density at radius 1 is 0.960 bits per heavy atom. The third-order valence-electron chi connectivity index (χ3n) is 5.03. The van der Waals surface area contributed by atoms with Gasteiger partial charge in [0.15, 0.2) is 5.78 Å². The number of amides is 2. The number of rotatable bonds is 1. The van der Waals surface area contributed by atoms with Crippen LogP contribution in [-0.2, 0) is 15.0 Å². The van der Waals surface area contributed by atoms with Gasteiger partial charge < -0.3 is 9.80 Å². The third-order valence-corrected chi connectivity index (χ3v) is 5.34. The van der Waals surface area contributed by atoms with Gasteiger partial charge in [-0.3, -0.25) is 14.4 Å². The van der Waals surface area contributed by atoms with E-state index < -0.39 is 23.0 Å². The molecule has 1 atom stereocenters. The largest absolute Gasteiger partial charge is 0.313 e. The molecule has 25 heavy (non-hydrogen) atoms. The highest BCUT2D eigenvalue weighted by Gasteiger charge is 2.64. The first-order chi connectivity index (χ1) is 12.0. The summed E-state index contributed by atoms with van der Waals surface area (Å²) in [6.45, 7) is 2.19. The van der Waals surface area contributed by atoms with Gasteiger partial charge in [-0.05, 0) is 25.1 Å². The third kappa shape index (κ3) is 1.71. The predicted molar refractivity (Wildman–Crippen MR) is 95.3 cm³/mol. The van der Waals surface area contributed by atoms with E-state index in [0.29, 0.717) is 23.5 Å². The average molecular weight is 355 g/mol. The zero-order valence-corrected chi connectivity index (χ0v) is 14.5. The Hall–Kier alpha value is -2.66. The van der Waals surface area contributed by atoms with Crippen LogP contribution in [0.2, 0.25) is 5.02 Å². The van der Waals surface area contributed by atoms with Crippen molar-refractivity contribution in [1.82, 2.24) is 0 Å². The van der Waals surface area contributed by atoms with Crippen molar-refractivity contribution < 1.29 is 14.4 Å². The summed E-state index contributed by atoms with van der Waals surface area (Å²) in [7, 11) is 1.57. The van der Waals surface area contributed by atoms with Crippen molar-refractivity contribution in [3.05, 3.63) is 58.6 Å². The van der Waals surface area contributed by atoms with Crippen molar-refractivity contribution in [1.29, 1.82) is 0 Å². The topological polar surface area (TPSA) is 57.7 Å². The van der Waals surface area contributed by atoms with Gasteiger partial charge >= 0.3 is 0 Å². The molecule has 126 valence electrons. The molecule has 0 radical (unpaired) electrons. The van der Waals surface area contributed by atoms with Gasteiger partial charge in [-0.1, -0.05) is 35.9 Å². The maximum Gasteiger partial charge on any atom is 0.255 e. The summed E-state index contributed by atoms with van der Waals surface area (Å²) in [5, 5.41) is 0.237. The lowest BCUT2D eigenvalue weighted by atomic mass is 9.71. The number of nitrogens with zero attached hydrogens (tertiary/aromatic N) is 2. The molecule has 0 fully saturated rings. The minimum atomic E-state index is -1.89. The molecule has 0 saturated heterocycles. The molecule has 2 aromatic carbocycles. The summed E-state index contributed by atoms with van der Waals surface area (Å²) in [5.41, 5.74) is -0.227.